The summed E-state index contributed by atoms with van der Waals surface area (Å²) in [6.45, 7) is 5.89. The summed E-state index contributed by atoms with van der Waals surface area (Å²) in [6, 6.07) is 4.66. The Hall–Kier alpha value is -1.13. The molecule has 0 bridgehead atoms. The third-order valence-corrected chi connectivity index (χ3v) is 3.09. The van der Waals surface area contributed by atoms with Crippen LogP contribution >= 0.6 is 0 Å². The second kappa shape index (κ2) is 4.80. The summed E-state index contributed by atoms with van der Waals surface area (Å²) >= 11 is 0. The fourth-order valence-corrected chi connectivity index (χ4v) is 2.02. The maximum absolute atomic E-state index is 11.0. The van der Waals surface area contributed by atoms with Crippen LogP contribution in [0.3, 0.4) is 0 Å². The van der Waals surface area contributed by atoms with Gasteiger partial charge in [-0.2, -0.15) is 8.42 Å². The first-order valence-electron chi connectivity index (χ1n) is 5.10. The zero-order valence-electron chi connectivity index (χ0n) is 9.69. The van der Waals surface area contributed by atoms with E-state index in [2.05, 4.69) is 0 Å². The van der Waals surface area contributed by atoms with Crippen LogP contribution in [0.1, 0.15) is 31.9 Å². The van der Waals surface area contributed by atoms with Crippen molar-refractivity contribution >= 4 is 16.2 Å². The lowest BCUT2D eigenvalue weighted by Crippen LogP contribution is -1.99. The van der Waals surface area contributed by atoms with E-state index in [1.54, 1.807) is 6.07 Å². The molecule has 0 aliphatic heterocycles. The molecule has 0 atom stereocenters. The van der Waals surface area contributed by atoms with Crippen molar-refractivity contribution in [2.45, 2.75) is 32.1 Å². The van der Waals surface area contributed by atoms with Crippen LogP contribution in [0.5, 0.6) is 0 Å². The largest absolute Gasteiger partial charge is 0.294 e. The molecular weight excluding hydrogens is 224 g/mol. The van der Waals surface area contributed by atoms with Crippen LogP contribution in [0, 0.1) is 0 Å². The molecule has 4 heteroatoms. The molecule has 0 saturated carbocycles. The minimum atomic E-state index is -4.12. The minimum Gasteiger partial charge on any atom is -0.282 e. The van der Waals surface area contributed by atoms with Gasteiger partial charge in [-0.15, -0.1) is 0 Å². The number of hydrogen-bond donors (Lipinski definition) is 1. The summed E-state index contributed by atoms with van der Waals surface area (Å²) in [5.74, 6) is 0. The van der Waals surface area contributed by atoms with E-state index in [9.17, 15) is 8.42 Å². The molecular formula is C12H16O3S. The molecule has 0 spiro atoms. The van der Waals surface area contributed by atoms with E-state index in [1.165, 1.54) is 12.1 Å². The molecule has 0 amide bonds. The zero-order chi connectivity index (χ0) is 12.3. The lowest BCUT2D eigenvalue weighted by molar-refractivity contribution is 0.483. The van der Waals surface area contributed by atoms with Gasteiger partial charge in [-0.3, -0.25) is 4.55 Å². The van der Waals surface area contributed by atoms with Gasteiger partial charge in [-0.1, -0.05) is 24.6 Å². The van der Waals surface area contributed by atoms with Gasteiger partial charge in [0.15, 0.2) is 0 Å². The highest BCUT2D eigenvalue weighted by Gasteiger charge is 2.11. The van der Waals surface area contributed by atoms with Crippen LogP contribution in [0.4, 0.5) is 0 Å². The van der Waals surface area contributed by atoms with Gasteiger partial charge in [0.25, 0.3) is 10.1 Å². The normalized spacial score (nSPS) is 11.2. The van der Waals surface area contributed by atoms with Crippen LogP contribution in [-0.4, -0.2) is 13.0 Å². The lowest BCUT2D eigenvalue weighted by atomic mass is 10.0. The second-order valence-electron chi connectivity index (χ2n) is 3.91. The minimum absolute atomic E-state index is 0.0581. The molecule has 88 valence electrons. The molecule has 1 aromatic rings. The van der Waals surface area contributed by atoms with Crippen LogP contribution in [0.25, 0.3) is 6.08 Å². The highest BCUT2D eigenvalue weighted by molar-refractivity contribution is 7.85. The summed E-state index contributed by atoms with van der Waals surface area (Å²) in [5.41, 5.74) is 2.99. The second-order valence-corrected chi connectivity index (χ2v) is 5.33. The fourth-order valence-electron chi connectivity index (χ4n) is 1.50. The zero-order valence-corrected chi connectivity index (χ0v) is 10.5. The van der Waals surface area contributed by atoms with Crippen LogP contribution in [0.15, 0.2) is 28.7 Å². The van der Waals surface area contributed by atoms with Gasteiger partial charge in [0.1, 0.15) is 0 Å². The molecule has 0 fully saturated rings. The van der Waals surface area contributed by atoms with Crippen LogP contribution in [0.2, 0.25) is 0 Å². The fraction of sp³-hybridized carbons (Fsp3) is 0.333. The lowest BCUT2D eigenvalue weighted by Gasteiger charge is -2.06. The van der Waals surface area contributed by atoms with Crippen molar-refractivity contribution in [3.05, 3.63) is 34.9 Å². The Kier molecular flexibility index (Phi) is 3.88. The van der Waals surface area contributed by atoms with Crippen molar-refractivity contribution in [3.8, 4) is 0 Å². The van der Waals surface area contributed by atoms with Crippen molar-refractivity contribution < 1.29 is 13.0 Å². The van der Waals surface area contributed by atoms with Gasteiger partial charge in [-0.25, -0.2) is 0 Å². The number of rotatable bonds is 3. The topological polar surface area (TPSA) is 54.4 Å². The Balaban J connectivity index is 3.39. The molecule has 1 N–H and O–H groups in total. The van der Waals surface area contributed by atoms with Crippen molar-refractivity contribution in [3.63, 3.8) is 0 Å². The Bertz CT molecular complexity index is 509. The Morgan fingerprint density at radius 2 is 2.00 bits per heavy atom. The van der Waals surface area contributed by atoms with E-state index in [1.807, 2.05) is 26.8 Å². The summed E-state index contributed by atoms with van der Waals surface area (Å²) < 4.78 is 31.0. The van der Waals surface area contributed by atoms with Gasteiger partial charge in [0.05, 0.1) is 4.90 Å². The van der Waals surface area contributed by atoms with Crippen molar-refractivity contribution in [2.24, 2.45) is 0 Å². The summed E-state index contributed by atoms with van der Waals surface area (Å²) in [6.07, 6.45) is 2.73. The number of aryl methyl sites for hydroxylation is 1. The van der Waals surface area contributed by atoms with Gasteiger partial charge in [0.2, 0.25) is 0 Å². The molecule has 1 rings (SSSR count). The van der Waals surface area contributed by atoms with E-state index >= 15 is 0 Å². The maximum atomic E-state index is 11.0. The van der Waals surface area contributed by atoms with Gasteiger partial charge >= 0.3 is 0 Å². The molecule has 0 aromatic heterocycles. The Morgan fingerprint density at radius 3 is 2.44 bits per heavy atom. The Labute approximate surface area is 96.6 Å². The van der Waals surface area contributed by atoms with Crippen LogP contribution in [-0.2, 0) is 16.5 Å². The predicted molar refractivity (Wildman–Crippen MR) is 65.0 cm³/mol. The first kappa shape index (κ1) is 12.9. The van der Waals surface area contributed by atoms with Crippen molar-refractivity contribution in [2.75, 3.05) is 0 Å². The summed E-state index contributed by atoms with van der Waals surface area (Å²) in [5, 5.41) is 0. The third-order valence-electron chi connectivity index (χ3n) is 2.24. The maximum Gasteiger partial charge on any atom is 0.294 e. The monoisotopic (exact) mass is 240 g/mol. The van der Waals surface area contributed by atoms with E-state index < -0.39 is 10.1 Å². The van der Waals surface area contributed by atoms with E-state index in [-0.39, 0.29) is 4.90 Å². The highest BCUT2D eigenvalue weighted by atomic mass is 32.2. The van der Waals surface area contributed by atoms with Crippen LogP contribution < -0.4 is 0 Å². The molecule has 3 nitrogen and oxygen atoms in total. The highest BCUT2D eigenvalue weighted by Crippen LogP contribution is 2.19. The Morgan fingerprint density at radius 1 is 1.38 bits per heavy atom. The first-order valence-corrected chi connectivity index (χ1v) is 6.54. The molecule has 0 unspecified atom stereocenters. The first-order chi connectivity index (χ1) is 7.34. The smallest absolute Gasteiger partial charge is 0.282 e. The molecule has 0 aliphatic carbocycles. The molecule has 0 aliphatic rings. The molecule has 0 radical (unpaired) electrons. The SMILES string of the molecule is CCc1ccc(S(=O)(=O)O)cc1C=C(C)C. The quantitative estimate of drug-likeness (QED) is 0.826. The molecule has 16 heavy (non-hydrogen) atoms. The molecule has 1 aromatic carbocycles. The van der Waals surface area contributed by atoms with E-state index in [0.717, 1.165) is 23.1 Å². The molecule has 0 saturated heterocycles. The predicted octanol–water partition coefficient (Wildman–Crippen LogP) is 2.92. The third kappa shape index (κ3) is 3.18. The average Bonchev–Trinajstić information content (AvgIpc) is 2.15. The van der Waals surface area contributed by atoms with E-state index in [0.29, 0.717) is 0 Å². The van der Waals surface area contributed by atoms with Gasteiger partial charge in [0, 0.05) is 0 Å². The van der Waals surface area contributed by atoms with E-state index in [4.69, 9.17) is 4.55 Å². The van der Waals surface area contributed by atoms with Crippen molar-refractivity contribution in [1.29, 1.82) is 0 Å². The number of hydrogen-bond acceptors (Lipinski definition) is 2. The standard InChI is InChI=1S/C12H16O3S/c1-4-10-5-6-12(16(13,14)15)8-11(10)7-9(2)3/h5-8H,4H2,1-3H3,(H,13,14,15). The van der Waals surface area contributed by atoms with Gasteiger partial charge < -0.3 is 0 Å². The van der Waals surface area contributed by atoms with Gasteiger partial charge in [-0.05, 0) is 43.5 Å². The van der Waals surface area contributed by atoms with Crippen molar-refractivity contribution in [1.82, 2.24) is 0 Å². The summed E-state index contributed by atoms with van der Waals surface area (Å²) in [7, 11) is -4.12. The molecule has 0 heterocycles. The average molecular weight is 240 g/mol. The number of benzene rings is 1. The summed E-state index contributed by atoms with van der Waals surface area (Å²) in [4.78, 5) is -0.0581. The number of allylic oxidation sites excluding steroid dienone is 1.